The summed E-state index contributed by atoms with van der Waals surface area (Å²) in [5, 5.41) is 0.833. The van der Waals surface area contributed by atoms with Gasteiger partial charge in [-0.3, -0.25) is 0 Å². The van der Waals surface area contributed by atoms with Crippen LogP contribution in [0.15, 0.2) is 36.4 Å². The van der Waals surface area contributed by atoms with Gasteiger partial charge in [0.2, 0.25) is 0 Å². The third-order valence-corrected chi connectivity index (χ3v) is 4.07. The zero-order valence-electron chi connectivity index (χ0n) is 11.4. The molecule has 0 radical (unpaired) electrons. The van der Waals surface area contributed by atoms with Crippen molar-refractivity contribution in [2.75, 3.05) is 0 Å². The lowest BCUT2D eigenvalue weighted by Gasteiger charge is -2.16. The molecule has 0 bridgehead atoms. The van der Waals surface area contributed by atoms with E-state index in [1.54, 1.807) is 18.2 Å². The first-order valence-electron chi connectivity index (χ1n) is 6.92. The number of aryl methyl sites for hydroxylation is 2. The van der Waals surface area contributed by atoms with Crippen LogP contribution in [-0.2, 0) is 12.8 Å². The molecule has 0 heterocycles. The van der Waals surface area contributed by atoms with E-state index >= 15 is 0 Å². The number of carbonyl (C=O) groups is 1. The number of carbonyl (C=O) groups excluding carboxylic acids is 1. The van der Waals surface area contributed by atoms with Gasteiger partial charge in [0.05, 0.1) is 5.56 Å². The minimum absolute atomic E-state index is 0.352. The maximum atomic E-state index is 12.1. The predicted molar refractivity (Wildman–Crippen MR) is 84.5 cm³/mol. The number of benzene rings is 2. The highest BCUT2D eigenvalue weighted by Crippen LogP contribution is 2.26. The van der Waals surface area contributed by atoms with E-state index < -0.39 is 5.97 Å². The molecule has 1 aliphatic carbocycles. The molecule has 0 atom stereocenters. The molecule has 0 aromatic heterocycles. The van der Waals surface area contributed by atoms with Crippen molar-refractivity contribution in [3.63, 3.8) is 0 Å². The molecule has 2 aromatic carbocycles. The van der Waals surface area contributed by atoms with E-state index in [0.29, 0.717) is 21.4 Å². The van der Waals surface area contributed by atoms with E-state index in [2.05, 4.69) is 0 Å². The van der Waals surface area contributed by atoms with Crippen molar-refractivity contribution in [3.05, 3.63) is 63.1 Å². The van der Waals surface area contributed by atoms with Gasteiger partial charge in [0.25, 0.3) is 0 Å². The second-order valence-corrected chi connectivity index (χ2v) is 6.06. The van der Waals surface area contributed by atoms with E-state index in [9.17, 15) is 4.79 Å². The number of rotatable bonds is 2. The first-order chi connectivity index (χ1) is 10.1. The quantitative estimate of drug-likeness (QED) is 0.569. The van der Waals surface area contributed by atoms with Crippen molar-refractivity contribution in [2.24, 2.45) is 0 Å². The van der Waals surface area contributed by atoms with Crippen molar-refractivity contribution < 1.29 is 9.53 Å². The van der Waals surface area contributed by atoms with Crippen LogP contribution >= 0.6 is 23.2 Å². The van der Waals surface area contributed by atoms with Gasteiger partial charge in [0.1, 0.15) is 5.75 Å². The first kappa shape index (κ1) is 14.4. The Morgan fingerprint density at radius 2 is 1.57 bits per heavy atom. The zero-order valence-corrected chi connectivity index (χ0v) is 12.9. The van der Waals surface area contributed by atoms with Crippen LogP contribution in [0.1, 0.15) is 34.3 Å². The molecule has 0 fully saturated rings. The molecular formula is C17H14Cl2O2. The molecule has 2 nitrogen and oxygen atoms in total. The summed E-state index contributed by atoms with van der Waals surface area (Å²) < 4.78 is 5.42. The SMILES string of the molecule is O=C(Oc1ccc2c(c1)CCCC2)c1cc(Cl)cc(Cl)c1. The van der Waals surface area contributed by atoms with Gasteiger partial charge >= 0.3 is 5.97 Å². The summed E-state index contributed by atoms with van der Waals surface area (Å²) in [5.41, 5.74) is 2.98. The normalized spacial score (nSPS) is 13.6. The predicted octanol–water partition coefficient (Wildman–Crippen LogP) is 5.09. The van der Waals surface area contributed by atoms with Crippen LogP contribution in [0.5, 0.6) is 5.75 Å². The number of halogens is 2. The summed E-state index contributed by atoms with van der Waals surface area (Å²) in [4.78, 5) is 12.1. The Kier molecular flexibility index (Phi) is 4.18. The largest absolute Gasteiger partial charge is 0.423 e. The fourth-order valence-electron chi connectivity index (χ4n) is 2.61. The number of ether oxygens (including phenoxy) is 1. The van der Waals surface area contributed by atoms with Gasteiger partial charge in [0.15, 0.2) is 0 Å². The van der Waals surface area contributed by atoms with Gasteiger partial charge in [-0.2, -0.15) is 0 Å². The minimum Gasteiger partial charge on any atom is -0.423 e. The minimum atomic E-state index is -0.449. The average molecular weight is 321 g/mol. The van der Waals surface area contributed by atoms with Crippen LogP contribution in [0.3, 0.4) is 0 Å². The van der Waals surface area contributed by atoms with E-state index in [1.165, 1.54) is 24.0 Å². The van der Waals surface area contributed by atoms with E-state index in [1.807, 2.05) is 18.2 Å². The third kappa shape index (κ3) is 3.39. The van der Waals surface area contributed by atoms with Gasteiger partial charge in [-0.05, 0) is 67.1 Å². The molecule has 0 unspecified atom stereocenters. The molecule has 0 saturated heterocycles. The number of fused-ring (bicyclic) bond motifs is 1. The van der Waals surface area contributed by atoms with Crippen molar-refractivity contribution in [1.29, 1.82) is 0 Å². The van der Waals surface area contributed by atoms with Crippen LogP contribution in [0.2, 0.25) is 10.0 Å². The smallest absolute Gasteiger partial charge is 0.343 e. The van der Waals surface area contributed by atoms with Crippen LogP contribution in [-0.4, -0.2) is 5.97 Å². The molecule has 0 N–H and O–H groups in total. The Balaban J connectivity index is 1.81. The molecule has 2 aromatic rings. The van der Waals surface area contributed by atoms with E-state index in [0.717, 1.165) is 12.8 Å². The zero-order chi connectivity index (χ0) is 14.8. The van der Waals surface area contributed by atoms with Crippen LogP contribution in [0.4, 0.5) is 0 Å². The Hall–Kier alpha value is -1.51. The van der Waals surface area contributed by atoms with E-state index in [4.69, 9.17) is 27.9 Å². The van der Waals surface area contributed by atoms with Gasteiger partial charge < -0.3 is 4.74 Å². The summed E-state index contributed by atoms with van der Waals surface area (Å²) in [6.07, 6.45) is 4.57. The molecule has 108 valence electrons. The summed E-state index contributed by atoms with van der Waals surface area (Å²) in [6, 6.07) is 10.5. The molecule has 0 saturated carbocycles. The van der Waals surface area contributed by atoms with Crippen molar-refractivity contribution in [2.45, 2.75) is 25.7 Å². The van der Waals surface area contributed by atoms with Crippen molar-refractivity contribution in [1.82, 2.24) is 0 Å². The maximum absolute atomic E-state index is 12.1. The molecule has 0 amide bonds. The second kappa shape index (κ2) is 6.08. The summed E-state index contributed by atoms with van der Waals surface area (Å²) >= 11 is 11.8. The van der Waals surface area contributed by atoms with Gasteiger partial charge in [-0.25, -0.2) is 4.79 Å². The highest BCUT2D eigenvalue weighted by Gasteiger charge is 2.14. The molecule has 1 aliphatic rings. The van der Waals surface area contributed by atoms with Crippen molar-refractivity contribution in [3.8, 4) is 5.75 Å². The lowest BCUT2D eigenvalue weighted by Crippen LogP contribution is -2.10. The fourth-order valence-corrected chi connectivity index (χ4v) is 3.14. The third-order valence-electron chi connectivity index (χ3n) is 3.63. The molecule has 0 spiro atoms. The molecular weight excluding hydrogens is 307 g/mol. The standard InChI is InChI=1S/C17H14Cl2O2/c18-14-7-13(8-15(19)10-14)17(20)21-16-6-5-11-3-1-2-4-12(11)9-16/h5-10H,1-4H2. The Labute approximate surface area is 133 Å². The molecule has 4 heteroatoms. The summed E-state index contributed by atoms with van der Waals surface area (Å²) in [7, 11) is 0. The summed E-state index contributed by atoms with van der Waals surface area (Å²) in [5.74, 6) is 0.118. The maximum Gasteiger partial charge on any atom is 0.343 e. The lowest BCUT2D eigenvalue weighted by molar-refractivity contribution is 0.0734. The highest BCUT2D eigenvalue weighted by molar-refractivity contribution is 6.35. The first-order valence-corrected chi connectivity index (χ1v) is 7.67. The Morgan fingerprint density at radius 3 is 2.29 bits per heavy atom. The van der Waals surface area contributed by atoms with Gasteiger partial charge in [-0.15, -0.1) is 0 Å². The lowest BCUT2D eigenvalue weighted by atomic mass is 9.92. The number of hydrogen-bond acceptors (Lipinski definition) is 2. The van der Waals surface area contributed by atoms with E-state index in [-0.39, 0.29) is 0 Å². The topological polar surface area (TPSA) is 26.3 Å². The Bertz CT molecular complexity index is 675. The average Bonchev–Trinajstić information content (AvgIpc) is 2.46. The summed E-state index contributed by atoms with van der Waals surface area (Å²) in [6.45, 7) is 0. The molecule has 0 aliphatic heterocycles. The van der Waals surface area contributed by atoms with Crippen LogP contribution in [0.25, 0.3) is 0 Å². The van der Waals surface area contributed by atoms with Gasteiger partial charge in [0, 0.05) is 10.0 Å². The second-order valence-electron chi connectivity index (χ2n) is 5.19. The van der Waals surface area contributed by atoms with Crippen molar-refractivity contribution >= 4 is 29.2 Å². The van der Waals surface area contributed by atoms with Gasteiger partial charge in [-0.1, -0.05) is 29.3 Å². The molecule has 3 rings (SSSR count). The number of hydrogen-bond donors (Lipinski definition) is 0. The molecule has 21 heavy (non-hydrogen) atoms. The van der Waals surface area contributed by atoms with Crippen LogP contribution in [0, 0.1) is 0 Å². The number of esters is 1. The Morgan fingerprint density at radius 1 is 0.905 bits per heavy atom. The fraction of sp³-hybridized carbons (Fsp3) is 0.235. The highest BCUT2D eigenvalue weighted by atomic mass is 35.5. The monoisotopic (exact) mass is 320 g/mol. The van der Waals surface area contributed by atoms with Crippen LogP contribution < -0.4 is 4.74 Å².